The fraction of sp³-hybridized carbons (Fsp3) is 0.579. The van der Waals surface area contributed by atoms with Gasteiger partial charge in [0.2, 0.25) is 0 Å². The zero-order valence-electron chi connectivity index (χ0n) is 12.9. The molecule has 1 heterocycles. The summed E-state index contributed by atoms with van der Waals surface area (Å²) in [5.41, 5.74) is 1.29. The second-order valence-corrected chi connectivity index (χ2v) is 6.33. The van der Waals surface area contributed by atoms with Crippen molar-refractivity contribution in [1.82, 2.24) is 0 Å². The van der Waals surface area contributed by atoms with Gasteiger partial charge >= 0.3 is 0 Å². The second-order valence-electron chi connectivity index (χ2n) is 6.33. The molecule has 1 saturated heterocycles. The molecule has 0 amide bonds. The van der Waals surface area contributed by atoms with Crippen LogP contribution in [0, 0.1) is 17.8 Å². The highest BCUT2D eigenvalue weighted by Gasteiger charge is 2.43. The Labute approximate surface area is 128 Å². The fourth-order valence-electron chi connectivity index (χ4n) is 3.32. The summed E-state index contributed by atoms with van der Waals surface area (Å²) in [5, 5.41) is 0. The minimum atomic E-state index is 0.0612. The number of ether oxygens (including phenoxy) is 2. The van der Waals surface area contributed by atoms with Crippen LogP contribution in [0.25, 0.3) is 6.08 Å². The molecule has 2 aliphatic rings. The molecule has 2 fully saturated rings. The molecule has 1 aliphatic carbocycles. The van der Waals surface area contributed by atoms with Crippen LogP contribution in [0.2, 0.25) is 0 Å². The number of rotatable bonds is 6. The van der Waals surface area contributed by atoms with Crippen molar-refractivity contribution in [3.05, 3.63) is 42.0 Å². The van der Waals surface area contributed by atoms with Crippen molar-refractivity contribution >= 4 is 6.08 Å². The monoisotopic (exact) mass is 286 g/mol. The van der Waals surface area contributed by atoms with Gasteiger partial charge in [0.05, 0.1) is 6.61 Å². The van der Waals surface area contributed by atoms with E-state index in [9.17, 15) is 0 Å². The number of hydrogen-bond acceptors (Lipinski definition) is 2. The van der Waals surface area contributed by atoms with E-state index < -0.39 is 0 Å². The molecule has 21 heavy (non-hydrogen) atoms. The maximum Gasteiger partial charge on any atom is 0.157 e. The van der Waals surface area contributed by atoms with Crippen LogP contribution in [-0.2, 0) is 9.47 Å². The van der Waals surface area contributed by atoms with Gasteiger partial charge in [-0.25, -0.2) is 0 Å². The first-order valence-electron chi connectivity index (χ1n) is 8.31. The summed E-state index contributed by atoms with van der Waals surface area (Å²) in [7, 11) is 0. The molecule has 1 saturated carbocycles. The standard InChI is InChI=1S/C19H26O2/c1-15-17(11-10-16-7-3-2-4-8-16)18(15)12-14-21-19-9-5-6-13-20-19/h2-4,7-8,10-11,15,17-19H,5-6,9,12-14H2,1H3/b11-10+/t15-,17+,18-,19?/m1/s1. The average Bonchev–Trinajstić information content (AvgIpc) is 3.16. The lowest BCUT2D eigenvalue weighted by Gasteiger charge is -2.22. The third-order valence-electron chi connectivity index (χ3n) is 4.84. The highest BCUT2D eigenvalue weighted by molar-refractivity contribution is 5.49. The van der Waals surface area contributed by atoms with E-state index in [1.807, 2.05) is 0 Å². The van der Waals surface area contributed by atoms with E-state index in [4.69, 9.17) is 9.47 Å². The highest BCUT2D eigenvalue weighted by atomic mass is 16.7. The Morgan fingerprint density at radius 3 is 2.86 bits per heavy atom. The Kier molecular flexibility index (Phi) is 5.10. The summed E-state index contributed by atoms with van der Waals surface area (Å²) in [6.45, 7) is 4.06. The first-order chi connectivity index (χ1) is 10.3. The van der Waals surface area contributed by atoms with Crippen molar-refractivity contribution in [2.75, 3.05) is 13.2 Å². The molecule has 1 aromatic rings. The first-order valence-corrected chi connectivity index (χ1v) is 8.31. The summed E-state index contributed by atoms with van der Waals surface area (Å²) < 4.78 is 11.4. The van der Waals surface area contributed by atoms with Crippen molar-refractivity contribution in [3.63, 3.8) is 0 Å². The molecule has 2 heteroatoms. The van der Waals surface area contributed by atoms with Gasteiger partial charge in [-0.1, -0.05) is 49.4 Å². The maximum absolute atomic E-state index is 5.85. The van der Waals surface area contributed by atoms with Gasteiger partial charge in [-0.2, -0.15) is 0 Å². The van der Waals surface area contributed by atoms with E-state index in [2.05, 4.69) is 49.4 Å². The van der Waals surface area contributed by atoms with E-state index in [0.29, 0.717) is 0 Å². The minimum Gasteiger partial charge on any atom is -0.353 e. The van der Waals surface area contributed by atoms with E-state index in [1.165, 1.54) is 18.4 Å². The van der Waals surface area contributed by atoms with Gasteiger partial charge in [0, 0.05) is 6.61 Å². The predicted molar refractivity (Wildman–Crippen MR) is 85.8 cm³/mol. The molecule has 0 radical (unpaired) electrons. The van der Waals surface area contributed by atoms with Crippen molar-refractivity contribution in [3.8, 4) is 0 Å². The largest absolute Gasteiger partial charge is 0.353 e. The first kappa shape index (κ1) is 14.8. The number of benzene rings is 1. The lowest BCUT2D eigenvalue weighted by molar-refractivity contribution is -0.163. The van der Waals surface area contributed by atoms with Crippen molar-refractivity contribution in [2.24, 2.45) is 17.8 Å². The SMILES string of the molecule is C[C@@H]1[C@H](/C=C/c2ccccc2)[C@@H]1CCOC1CCCCO1. The molecule has 0 bridgehead atoms. The van der Waals surface area contributed by atoms with Crippen LogP contribution < -0.4 is 0 Å². The van der Waals surface area contributed by atoms with Crippen molar-refractivity contribution in [2.45, 2.75) is 38.9 Å². The highest BCUT2D eigenvalue weighted by Crippen LogP contribution is 2.49. The lowest BCUT2D eigenvalue weighted by atomic mass is 10.1. The van der Waals surface area contributed by atoms with Crippen LogP contribution in [0.15, 0.2) is 36.4 Å². The molecule has 4 atom stereocenters. The van der Waals surface area contributed by atoms with Gasteiger partial charge < -0.3 is 9.47 Å². The quantitative estimate of drug-likeness (QED) is 0.765. The van der Waals surface area contributed by atoms with Crippen LogP contribution in [0.4, 0.5) is 0 Å². The van der Waals surface area contributed by atoms with Crippen LogP contribution in [0.3, 0.4) is 0 Å². The zero-order chi connectivity index (χ0) is 14.5. The molecule has 1 aromatic carbocycles. The minimum absolute atomic E-state index is 0.0612. The molecule has 114 valence electrons. The maximum atomic E-state index is 5.85. The number of allylic oxidation sites excluding steroid dienone is 1. The van der Waals surface area contributed by atoms with Crippen LogP contribution >= 0.6 is 0 Å². The molecular weight excluding hydrogens is 260 g/mol. The smallest absolute Gasteiger partial charge is 0.157 e. The molecule has 0 aromatic heterocycles. The average molecular weight is 286 g/mol. The molecule has 1 aliphatic heterocycles. The Hall–Kier alpha value is -1.12. The predicted octanol–water partition coefficient (Wildman–Crippen LogP) is 4.52. The fourth-order valence-corrected chi connectivity index (χ4v) is 3.32. The molecule has 2 nitrogen and oxygen atoms in total. The Bertz CT molecular complexity index is 448. The van der Waals surface area contributed by atoms with Gasteiger partial charge in [-0.15, -0.1) is 0 Å². The third-order valence-corrected chi connectivity index (χ3v) is 4.84. The molecule has 0 N–H and O–H groups in total. The summed E-state index contributed by atoms with van der Waals surface area (Å²) in [5.74, 6) is 2.30. The molecule has 0 spiro atoms. The van der Waals surface area contributed by atoms with Gasteiger partial charge in [-0.3, -0.25) is 0 Å². The van der Waals surface area contributed by atoms with E-state index >= 15 is 0 Å². The summed E-state index contributed by atoms with van der Waals surface area (Å²) >= 11 is 0. The molecular formula is C19H26O2. The van der Waals surface area contributed by atoms with Crippen LogP contribution in [0.5, 0.6) is 0 Å². The summed E-state index contributed by atoms with van der Waals surface area (Å²) in [4.78, 5) is 0. The van der Waals surface area contributed by atoms with E-state index in [0.717, 1.165) is 43.8 Å². The van der Waals surface area contributed by atoms with Gasteiger partial charge in [0.25, 0.3) is 0 Å². The number of hydrogen-bond donors (Lipinski definition) is 0. The summed E-state index contributed by atoms with van der Waals surface area (Å²) in [6.07, 6.45) is 9.35. The summed E-state index contributed by atoms with van der Waals surface area (Å²) in [6, 6.07) is 10.5. The van der Waals surface area contributed by atoms with Gasteiger partial charge in [0.15, 0.2) is 6.29 Å². The van der Waals surface area contributed by atoms with Gasteiger partial charge in [0.1, 0.15) is 0 Å². The second kappa shape index (κ2) is 7.24. The van der Waals surface area contributed by atoms with Gasteiger partial charge in [-0.05, 0) is 49.0 Å². The normalized spacial score (nSPS) is 32.4. The van der Waals surface area contributed by atoms with Crippen molar-refractivity contribution < 1.29 is 9.47 Å². The lowest BCUT2D eigenvalue weighted by Crippen LogP contribution is -2.22. The molecule has 3 rings (SSSR count). The van der Waals surface area contributed by atoms with Crippen molar-refractivity contribution in [1.29, 1.82) is 0 Å². The van der Waals surface area contributed by atoms with E-state index in [-0.39, 0.29) is 6.29 Å². The zero-order valence-corrected chi connectivity index (χ0v) is 12.9. The Balaban J connectivity index is 1.38. The van der Waals surface area contributed by atoms with Crippen LogP contribution in [0.1, 0.15) is 38.2 Å². The topological polar surface area (TPSA) is 18.5 Å². The Morgan fingerprint density at radius 1 is 1.24 bits per heavy atom. The molecule has 1 unspecified atom stereocenters. The Morgan fingerprint density at radius 2 is 2.10 bits per heavy atom. The van der Waals surface area contributed by atoms with E-state index in [1.54, 1.807) is 0 Å². The third kappa shape index (κ3) is 4.18. The van der Waals surface area contributed by atoms with Crippen LogP contribution in [-0.4, -0.2) is 19.5 Å².